The molecule has 0 aliphatic heterocycles. The first-order valence-electron chi connectivity index (χ1n) is 9.47. The lowest BCUT2D eigenvalue weighted by Gasteiger charge is -2.31. The molecule has 0 aliphatic carbocycles. The predicted molar refractivity (Wildman–Crippen MR) is 111 cm³/mol. The van der Waals surface area contributed by atoms with E-state index in [0.29, 0.717) is 25.4 Å². The number of thiophene rings is 1. The number of nitrogens with zero attached hydrogens (tertiary/aromatic N) is 3. The van der Waals surface area contributed by atoms with Crippen LogP contribution in [0.1, 0.15) is 38.3 Å². The Morgan fingerprint density at radius 2 is 1.85 bits per heavy atom. The van der Waals surface area contributed by atoms with Gasteiger partial charge in [-0.15, -0.1) is 11.3 Å². The lowest BCUT2D eigenvalue weighted by atomic mass is 10.2. The van der Waals surface area contributed by atoms with Crippen molar-refractivity contribution in [2.24, 2.45) is 13.0 Å². The highest BCUT2D eigenvalue weighted by Crippen LogP contribution is 2.14. The standard InChI is InChI=1S/C21H31N3O2S/c1-16(2)13-23(14-18-8-6-10-22(18)5)21(26)15-24(17(3)4)20(25)12-19-9-7-11-27-19/h6-11,16-17H,12-15H2,1-5H3. The number of carbonyl (C=O) groups excluding carboxylic acids is 2. The Morgan fingerprint density at radius 3 is 2.37 bits per heavy atom. The second-order valence-corrected chi connectivity index (χ2v) is 8.68. The van der Waals surface area contributed by atoms with Crippen LogP contribution in [0.2, 0.25) is 0 Å². The summed E-state index contributed by atoms with van der Waals surface area (Å²) in [5.41, 5.74) is 1.09. The molecule has 2 amide bonds. The summed E-state index contributed by atoms with van der Waals surface area (Å²) in [6.45, 7) is 9.49. The summed E-state index contributed by atoms with van der Waals surface area (Å²) in [5.74, 6) is 0.367. The maximum absolute atomic E-state index is 13.1. The molecule has 0 radical (unpaired) electrons. The van der Waals surface area contributed by atoms with E-state index in [2.05, 4.69) is 13.8 Å². The van der Waals surface area contributed by atoms with E-state index in [-0.39, 0.29) is 24.4 Å². The molecule has 0 saturated carbocycles. The van der Waals surface area contributed by atoms with Crippen LogP contribution in [-0.2, 0) is 29.6 Å². The molecule has 27 heavy (non-hydrogen) atoms. The van der Waals surface area contributed by atoms with Crippen molar-refractivity contribution in [3.8, 4) is 0 Å². The molecular weight excluding hydrogens is 358 g/mol. The van der Waals surface area contributed by atoms with Crippen molar-refractivity contribution >= 4 is 23.2 Å². The van der Waals surface area contributed by atoms with Crippen LogP contribution in [0.4, 0.5) is 0 Å². The topological polar surface area (TPSA) is 45.6 Å². The summed E-state index contributed by atoms with van der Waals surface area (Å²) < 4.78 is 2.03. The number of carbonyl (C=O) groups is 2. The average molecular weight is 390 g/mol. The van der Waals surface area contributed by atoms with Gasteiger partial charge in [0.2, 0.25) is 11.8 Å². The van der Waals surface area contributed by atoms with Gasteiger partial charge in [-0.05, 0) is 43.3 Å². The van der Waals surface area contributed by atoms with E-state index in [1.54, 1.807) is 16.2 Å². The fourth-order valence-corrected chi connectivity index (χ4v) is 3.72. The quantitative estimate of drug-likeness (QED) is 0.658. The Kier molecular flexibility index (Phi) is 7.66. The molecule has 2 heterocycles. The van der Waals surface area contributed by atoms with Gasteiger partial charge >= 0.3 is 0 Å². The third-order valence-corrected chi connectivity index (χ3v) is 5.37. The monoisotopic (exact) mass is 389 g/mol. The van der Waals surface area contributed by atoms with Crippen molar-refractivity contribution < 1.29 is 9.59 Å². The van der Waals surface area contributed by atoms with Gasteiger partial charge in [0, 0.05) is 36.4 Å². The van der Waals surface area contributed by atoms with E-state index < -0.39 is 0 Å². The summed E-state index contributed by atoms with van der Waals surface area (Å²) >= 11 is 1.57. The van der Waals surface area contributed by atoms with Crippen LogP contribution < -0.4 is 0 Å². The lowest BCUT2D eigenvalue weighted by Crippen LogP contribution is -2.47. The molecule has 2 aromatic heterocycles. The number of amides is 2. The van der Waals surface area contributed by atoms with Crippen LogP contribution in [-0.4, -0.2) is 45.3 Å². The second-order valence-electron chi connectivity index (χ2n) is 7.65. The Labute approximate surface area is 166 Å². The highest BCUT2D eigenvalue weighted by Gasteiger charge is 2.24. The molecule has 0 unspecified atom stereocenters. The number of hydrogen-bond donors (Lipinski definition) is 0. The Balaban J connectivity index is 2.09. The smallest absolute Gasteiger partial charge is 0.242 e. The molecule has 0 bridgehead atoms. The maximum Gasteiger partial charge on any atom is 0.242 e. The van der Waals surface area contributed by atoms with Gasteiger partial charge < -0.3 is 14.4 Å². The van der Waals surface area contributed by atoms with Crippen LogP contribution >= 0.6 is 11.3 Å². The molecular formula is C21H31N3O2S. The first-order valence-corrected chi connectivity index (χ1v) is 10.4. The van der Waals surface area contributed by atoms with Gasteiger partial charge in [0.25, 0.3) is 0 Å². The molecule has 6 heteroatoms. The summed E-state index contributed by atoms with van der Waals surface area (Å²) in [7, 11) is 1.98. The van der Waals surface area contributed by atoms with Crippen molar-refractivity contribution in [2.45, 2.75) is 46.7 Å². The zero-order valence-electron chi connectivity index (χ0n) is 17.0. The van der Waals surface area contributed by atoms with Gasteiger partial charge in [0.05, 0.1) is 19.5 Å². The van der Waals surface area contributed by atoms with Crippen molar-refractivity contribution in [3.63, 3.8) is 0 Å². The third-order valence-electron chi connectivity index (χ3n) is 4.50. The first kappa shape index (κ1) is 21.2. The molecule has 0 fully saturated rings. The van der Waals surface area contributed by atoms with Crippen LogP contribution in [0.3, 0.4) is 0 Å². The lowest BCUT2D eigenvalue weighted by molar-refractivity contribution is -0.142. The van der Waals surface area contributed by atoms with Crippen molar-refractivity contribution in [3.05, 3.63) is 46.4 Å². The summed E-state index contributed by atoms with van der Waals surface area (Å²) in [4.78, 5) is 30.4. The van der Waals surface area contributed by atoms with Crippen molar-refractivity contribution in [2.75, 3.05) is 13.1 Å². The van der Waals surface area contributed by atoms with Crippen LogP contribution in [0.25, 0.3) is 0 Å². The Hall–Kier alpha value is -2.08. The normalized spacial score (nSPS) is 11.2. The van der Waals surface area contributed by atoms with E-state index in [1.165, 1.54) is 0 Å². The average Bonchev–Trinajstić information content (AvgIpc) is 3.23. The van der Waals surface area contributed by atoms with Crippen LogP contribution in [0.15, 0.2) is 35.8 Å². The van der Waals surface area contributed by atoms with Gasteiger partial charge in [-0.1, -0.05) is 19.9 Å². The zero-order valence-corrected chi connectivity index (χ0v) is 17.8. The van der Waals surface area contributed by atoms with Gasteiger partial charge in [-0.3, -0.25) is 9.59 Å². The van der Waals surface area contributed by atoms with E-state index in [0.717, 1.165) is 10.6 Å². The minimum absolute atomic E-state index is 0.00173. The van der Waals surface area contributed by atoms with E-state index >= 15 is 0 Å². The number of aryl methyl sites for hydroxylation is 1. The molecule has 2 rings (SSSR count). The summed E-state index contributed by atoms with van der Waals surface area (Å²) in [6, 6.07) is 7.91. The number of rotatable bonds is 9. The van der Waals surface area contributed by atoms with Crippen LogP contribution in [0, 0.1) is 5.92 Å². The largest absolute Gasteiger partial charge is 0.353 e. The second kappa shape index (κ2) is 9.74. The highest BCUT2D eigenvalue weighted by atomic mass is 32.1. The Bertz CT molecular complexity index is 734. The minimum Gasteiger partial charge on any atom is -0.353 e. The van der Waals surface area contributed by atoms with E-state index in [9.17, 15) is 9.59 Å². The molecule has 5 nitrogen and oxygen atoms in total. The third kappa shape index (κ3) is 6.24. The summed E-state index contributed by atoms with van der Waals surface area (Å²) in [5, 5.41) is 1.97. The molecule has 2 aromatic rings. The van der Waals surface area contributed by atoms with Crippen molar-refractivity contribution in [1.29, 1.82) is 0 Å². The molecule has 0 saturated heterocycles. The fourth-order valence-electron chi connectivity index (χ4n) is 3.02. The van der Waals surface area contributed by atoms with E-state index in [1.807, 2.05) is 66.2 Å². The minimum atomic E-state index is -0.0163. The molecule has 0 spiro atoms. The molecule has 0 atom stereocenters. The van der Waals surface area contributed by atoms with Gasteiger partial charge in [-0.25, -0.2) is 0 Å². The highest BCUT2D eigenvalue weighted by molar-refractivity contribution is 7.10. The van der Waals surface area contributed by atoms with Gasteiger partial charge in [0.1, 0.15) is 0 Å². The number of hydrogen-bond acceptors (Lipinski definition) is 3. The molecule has 148 valence electrons. The van der Waals surface area contributed by atoms with Gasteiger partial charge in [0.15, 0.2) is 0 Å². The van der Waals surface area contributed by atoms with E-state index in [4.69, 9.17) is 0 Å². The van der Waals surface area contributed by atoms with Crippen molar-refractivity contribution in [1.82, 2.24) is 14.4 Å². The maximum atomic E-state index is 13.1. The molecule has 0 aromatic carbocycles. The molecule has 0 aliphatic rings. The molecule has 0 N–H and O–H groups in total. The fraction of sp³-hybridized carbons (Fsp3) is 0.524. The van der Waals surface area contributed by atoms with Crippen LogP contribution in [0.5, 0.6) is 0 Å². The zero-order chi connectivity index (χ0) is 20.0. The summed E-state index contributed by atoms with van der Waals surface area (Å²) in [6.07, 6.45) is 2.34. The SMILES string of the molecule is CC(C)CN(Cc1cccn1C)C(=O)CN(C(=O)Cc1cccs1)C(C)C. The predicted octanol–water partition coefficient (Wildman–Crippen LogP) is 3.55. The Morgan fingerprint density at radius 1 is 1.11 bits per heavy atom. The first-order chi connectivity index (χ1) is 12.8. The number of aromatic nitrogens is 1. The van der Waals surface area contributed by atoms with Gasteiger partial charge in [-0.2, -0.15) is 0 Å².